The highest BCUT2D eigenvalue weighted by molar-refractivity contribution is 5.83. The van der Waals surface area contributed by atoms with E-state index in [1.165, 1.54) is 0 Å². The van der Waals surface area contributed by atoms with Gasteiger partial charge in [0.05, 0.1) is 18.2 Å². The molecule has 1 unspecified atom stereocenters. The number of benzene rings is 1. The molecule has 0 saturated carbocycles. The standard InChI is InChI=1S/C14H19N3O2/c1-18-9-12(19-2)8-16-14-6-3-10-7-11(15)4-5-13(10)17-14/h3-7,12H,8-9,15H2,1-2H3,(H,16,17). The second-order valence-electron chi connectivity index (χ2n) is 4.34. The summed E-state index contributed by atoms with van der Waals surface area (Å²) in [6.45, 7) is 1.20. The van der Waals surface area contributed by atoms with Crippen molar-refractivity contribution in [2.75, 3.05) is 38.4 Å². The lowest BCUT2D eigenvalue weighted by Gasteiger charge is -2.15. The highest BCUT2D eigenvalue weighted by atomic mass is 16.5. The number of nitrogens with one attached hydrogen (secondary N) is 1. The van der Waals surface area contributed by atoms with Crippen LogP contribution in [0.2, 0.25) is 0 Å². The molecule has 0 aliphatic carbocycles. The first kappa shape index (κ1) is 13.6. The number of methoxy groups -OCH3 is 2. The average molecular weight is 261 g/mol. The molecule has 19 heavy (non-hydrogen) atoms. The zero-order chi connectivity index (χ0) is 13.7. The number of hydrogen-bond acceptors (Lipinski definition) is 5. The van der Waals surface area contributed by atoms with Crippen LogP contribution in [0.4, 0.5) is 11.5 Å². The summed E-state index contributed by atoms with van der Waals surface area (Å²) in [4.78, 5) is 4.52. The topological polar surface area (TPSA) is 69.4 Å². The Hall–Kier alpha value is -1.85. The van der Waals surface area contributed by atoms with Gasteiger partial charge < -0.3 is 20.5 Å². The largest absolute Gasteiger partial charge is 0.399 e. The van der Waals surface area contributed by atoms with Crippen LogP contribution in [0.1, 0.15) is 0 Å². The van der Waals surface area contributed by atoms with Crippen LogP contribution in [0.3, 0.4) is 0 Å². The molecule has 0 amide bonds. The Morgan fingerprint density at radius 3 is 2.84 bits per heavy atom. The summed E-state index contributed by atoms with van der Waals surface area (Å²) < 4.78 is 10.4. The third-order valence-electron chi connectivity index (χ3n) is 2.91. The number of ether oxygens (including phenoxy) is 2. The van der Waals surface area contributed by atoms with Gasteiger partial charge in [0.2, 0.25) is 0 Å². The maximum Gasteiger partial charge on any atom is 0.126 e. The van der Waals surface area contributed by atoms with Crippen molar-refractivity contribution >= 4 is 22.4 Å². The normalized spacial score (nSPS) is 12.5. The fourth-order valence-electron chi connectivity index (χ4n) is 1.86. The number of nitrogens with two attached hydrogens (primary N) is 1. The van der Waals surface area contributed by atoms with Gasteiger partial charge in [-0.3, -0.25) is 0 Å². The van der Waals surface area contributed by atoms with Gasteiger partial charge >= 0.3 is 0 Å². The fourth-order valence-corrected chi connectivity index (χ4v) is 1.86. The van der Waals surface area contributed by atoms with E-state index in [4.69, 9.17) is 15.2 Å². The van der Waals surface area contributed by atoms with Gasteiger partial charge in [0.15, 0.2) is 0 Å². The number of pyridine rings is 1. The molecule has 1 atom stereocenters. The van der Waals surface area contributed by atoms with Gasteiger partial charge in [-0.05, 0) is 30.3 Å². The smallest absolute Gasteiger partial charge is 0.126 e. The third-order valence-corrected chi connectivity index (χ3v) is 2.91. The van der Waals surface area contributed by atoms with Gasteiger partial charge in [-0.15, -0.1) is 0 Å². The number of anilines is 2. The van der Waals surface area contributed by atoms with Crippen LogP contribution in [-0.4, -0.2) is 38.5 Å². The zero-order valence-corrected chi connectivity index (χ0v) is 11.2. The summed E-state index contributed by atoms with van der Waals surface area (Å²) in [7, 11) is 3.33. The maximum absolute atomic E-state index is 5.74. The van der Waals surface area contributed by atoms with Crippen molar-refractivity contribution in [3.05, 3.63) is 30.3 Å². The minimum atomic E-state index is 0.00825. The summed E-state index contributed by atoms with van der Waals surface area (Å²) in [6, 6.07) is 9.61. The van der Waals surface area contributed by atoms with Gasteiger partial charge in [0.25, 0.3) is 0 Å². The van der Waals surface area contributed by atoms with Crippen molar-refractivity contribution in [2.45, 2.75) is 6.10 Å². The van der Waals surface area contributed by atoms with Crippen molar-refractivity contribution in [1.29, 1.82) is 0 Å². The van der Waals surface area contributed by atoms with Crippen molar-refractivity contribution in [3.8, 4) is 0 Å². The molecule has 0 radical (unpaired) electrons. The van der Waals surface area contributed by atoms with Crippen LogP contribution < -0.4 is 11.1 Å². The van der Waals surface area contributed by atoms with E-state index in [9.17, 15) is 0 Å². The molecule has 1 heterocycles. The molecule has 5 nitrogen and oxygen atoms in total. The van der Waals surface area contributed by atoms with Crippen LogP contribution in [0.5, 0.6) is 0 Å². The molecule has 3 N–H and O–H groups in total. The second-order valence-corrected chi connectivity index (χ2v) is 4.34. The van der Waals surface area contributed by atoms with Crippen LogP contribution >= 0.6 is 0 Å². The molecule has 1 aromatic carbocycles. The highest BCUT2D eigenvalue weighted by Crippen LogP contribution is 2.17. The molecule has 0 aliphatic rings. The zero-order valence-electron chi connectivity index (χ0n) is 11.2. The first-order valence-corrected chi connectivity index (χ1v) is 6.15. The van der Waals surface area contributed by atoms with Gasteiger partial charge in [0.1, 0.15) is 5.82 Å². The molecule has 0 saturated heterocycles. The Balaban J connectivity index is 2.07. The van der Waals surface area contributed by atoms with Crippen LogP contribution in [0.25, 0.3) is 10.9 Å². The molecule has 1 aromatic heterocycles. The van der Waals surface area contributed by atoms with E-state index < -0.39 is 0 Å². The molecule has 0 aliphatic heterocycles. The number of fused-ring (bicyclic) bond motifs is 1. The van der Waals surface area contributed by atoms with Crippen molar-refractivity contribution in [3.63, 3.8) is 0 Å². The van der Waals surface area contributed by atoms with E-state index in [2.05, 4.69) is 10.3 Å². The Bertz CT molecular complexity index is 545. The Kier molecular flexibility index (Phi) is 4.54. The van der Waals surface area contributed by atoms with Crippen molar-refractivity contribution in [2.24, 2.45) is 0 Å². The number of nitrogens with zero attached hydrogens (tertiary/aromatic N) is 1. The Labute approximate surface area is 112 Å². The molecule has 0 bridgehead atoms. The van der Waals surface area contributed by atoms with Crippen molar-refractivity contribution in [1.82, 2.24) is 4.98 Å². The molecule has 2 aromatic rings. The van der Waals surface area contributed by atoms with Gasteiger partial charge in [-0.2, -0.15) is 0 Å². The first-order chi connectivity index (χ1) is 9.22. The minimum absolute atomic E-state index is 0.00825. The third kappa shape index (κ3) is 3.56. The number of aromatic nitrogens is 1. The number of nitrogen functional groups attached to an aromatic ring is 1. The summed E-state index contributed by atoms with van der Waals surface area (Å²) >= 11 is 0. The summed E-state index contributed by atoms with van der Waals surface area (Å²) in [5, 5.41) is 4.27. The number of rotatable bonds is 6. The van der Waals surface area contributed by atoms with Gasteiger partial charge in [-0.1, -0.05) is 0 Å². The molecule has 102 valence electrons. The van der Waals surface area contributed by atoms with Gasteiger partial charge in [0, 0.05) is 31.8 Å². The lowest BCUT2D eigenvalue weighted by Crippen LogP contribution is -2.26. The first-order valence-electron chi connectivity index (χ1n) is 6.15. The number of hydrogen-bond donors (Lipinski definition) is 2. The van der Waals surface area contributed by atoms with Crippen LogP contribution in [0, 0.1) is 0 Å². The highest BCUT2D eigenvalue weighted by Gasteiger charge is 2.07. The summed E-state index contributed by atoms with van der Waals surface area (Å²) in [5.74, 6) is 0.815. The monoisotopic (exact) mass is 261 g/mol. The molecule has 5 heteroatoms. The Morgan fingerprint density at radius 2 is 2.11 bits per heavy atom. The van der Waals surface area contributed by atoms with E-state index in [1.54, 1.807) is 14.2 Å². The van der Waals surface area contributed by atoms with E-state index in [-0.39, 0.29) is 6.10 Å². The molecular weight excluding hydrogens is 242 g/mol. The average Bonchev–Trinajstić information content (AvgIpc) is 2.43. The molecule has 2 rings (SSSR count). The fraction of sp³-hybridized carbons (Fsp3) is 0.357. The van der Waals surface area contributed by atoms with E-state index in [1.807, 2.05) is 30.3 Å². The molecule has 0 fully saturated rings. The van der Waals surface area contributed by atoms with Crippen LogP contribution in [0.15, 0.2) is 30.3 Å². The SMILES string of the molecule is COCC(CNc1ccc2cc(N)ccc2n1)OC. The van der Waals surface area contributed by atoms with Crippen LogP contribution in [-0.2, 0) is 9.47 Å². The predicted molar refractivity (Wildman–Crippen MR) is 77.3 cm³/mol. The quantitative estimate of drug-likeness (QED) is 0.777. The van der Waals surface area contributed by atoms with E-state index >= 15 is 0 Å². The Morgan fingerprint density at radius 1 is 1.26 bits per heavy atom. The summed E-state index contributed by atoms with van der Waals surface area (Å²) in [6.07, 6.45) is 0.00825. The van der Waals surface area contributed by atoms with E-state index in [0.29, 0.717) is 13.2 Å². The minimum Gasteiger partial charge on any atom is -0.399 e. The maximum atomic E-state index is 5.74. The lowest BCUT2D eigenvalue weighted by molar-refractivity contribution is 0.0365. The predicted octanol–water partition coefficient (Wildman–Crippen LogP) is 1.89. The summed E-state index contributed by atoms with van der Waals surface area (Å²) in [5.41, 5.74) is 7.40. The molecular formula is C14H19N3O2. The lowest BCUT2D eigenvalue weighted by atomic mass is 10.2. The molecule has 0 spiro atoms. The second kappa shape index (κ2) is 6.36. The van der Waals surface area contributed by atoms with E-state index in [0.717, 1.165) is 22.4 Å². The van der Waals surface area contributed by atoms with Gasteiger partial charge in [-0.25, -0.2) is 4.98 Å². The van der Waals surface area contributed by atoms with Crippen molar-refractivity contribution < 1.29 is 9.47 Å².